The van der Waals surface area contributed by atoms with Crippen LogP contribution >= 0.6 is 11.6 Å². The Balaban J connectivity index is 2.28. The quantitative estimate of drug-likeness (QED) is 0.895. The first kappa shape index (κ1) is 13.8. The van der Waals surface area contributed by atoms with Crippen LogP contribution in [0.15, 0.2) is 42.5 Å². The summed E-state index contributed by atoms with van der Waals surface area (Å²) in [5.41, 5.74) is 0.692. The summed E-state index contributed by atoms with van der Waals surface area (Å²) in [6.07, 6.45) is 0. The van der Waals surface area contributed by atoms with Crippen LogP contribution in [-0.4, -0.2) is 11.7 Å². The fraction of sp³-hybridized carbons (Fsp3) is 0.143. The molecule has 2 nitrogen and oxygen atoms in total. The van der Waals surface area contributed by atoms with Gasteiger partial charge in [0.2, 0.25) is 0 Å². The van der Waals surface area contributed by atoms with Gasteiger partial charge < -0.3 is 10.4 Å². The number of aliphatic hydroxyl groups excluding tert-OH is 1. The van der Waals surface area contributed by atoms with Crippen LogP contribution in [0.25, 0.3) is 0 Å². The molecule has 0 amide bonds. The Morgan fingerprint density at radius 1 is 1.16 bits per heavy atom. The number of aliphatic hydroxyl groups is 1. The lowest BCUT2D eigenvalue weighted by Crippen LogP contribution is -2.15. The maximum absolute atomic E-state index is 13.5. The minimum absolute atomic E-state index is 0.226. The van der Waals surface area contributed by atoms with E-state index in [1.807, 2.05) is 0 Å². The van der Waals surface area contributed by atoms with Crippen LogP contribution in [0.3, 0.4) is 0 Å². The van der Waals surface area contributed by atoms with Gasteiger partial charge in [0.25, 0.3) is 0 Å². The average molecular weight is 284 g/mol. The molecule has 0 saturated heterocycles. The molecular formula is C14H12ClF2NO. The Hall–Kier alpha value is -1.65. The van der Waals surface area contributed by atoms with Gasteiger partial charge in [0.15, 0.2) is 0 Å². The maximum Gasteiger partial charge on any atom is 0.146 e. The molecule has 2 rings (SSSR count). The molecule has 5 heteroatoms. The monoisotopic (exact) mass is 283 g/mol. The lowest BCUT2D eigenvalue weighted by molar-refractivity contribution is 0.276. The Labute approximate surface area is 114 Å². The van der Waals surface area contributed by atoms with Crippen LogP contribution in [0.5, 0.6) is 0 Å². The smallest absolute Gasteiger partial charge is 0.146 e. The predicted octanol–water partition coefficient (Wildman–Crippen LogP) is 3.76. The van der Waals surface area contributed by atoms with E-state index in [1.54, 1.807) is 18.2 Å². The van der Waals surface area contributed by atoms with Crippen molar-refractivity contribution in [1.29, 1.82) is 0 Å². The lowest BCUT2D eigenvalue weighted by Gasteiger charge is -2.18. The van der Waals surface area contributed by atoms with E-state index in [4.69, 9.17) is 11.6 Å². The molecule has 0 bridgehead atoms. The van der Waals surface area contributed by atoms with Crippen molar-refractivity contribution in [3.63, 3.8) is 0 Å². The summed E-state index contributed by atoms with van der Waals surface area (Å²) in [7, 11) is 0. The first-order valence-corrected chi connectivity index (χ1v) is 6.06. The minimum Gasteiger partial charge on any atom is -0.394 e. The van der Waals surface area contributed by atoms with Gasteiger partial charge in [0, 0.05) is 5.02 Å². The van der Waals surface area contributed by atoms with Crippen molar-refractivity contribution in [2.45, 2.75) is 6.04 Å². The van der Waals surface area contributed by atoms with Crippen LogP contribution < -0.4 is 5.32 Å². The Morgan fingerprint density at radius 3 is 2.53 bits per heavy atom. The van der Waals surface area contributed by atoms with Gasteiger partial charge in [-0.1, -0.05) is 23.7 Å². The van der Waals surface area contributed by atoms with E-state index < -0.39 is 17.7 Å². The number of hydrogen-bond acceptors (Lipinski definition) is 2. The zero-order valence-corrected chi connectivity index (χ0v) is 10.7. The molecule has 0 aliphatic rings. The Morgan fingerprint density at radius 2 is 1.89 bits per heavy atom. The molecule has 1 unspecified atom stereocenters. The number of halogens is 3. The van der Waals surface area contributed by atoms with Gasteiger partial charge in [-0.2, -0.15) is 0 Å². The van der Waals surface area contributed by atoms with E-state index in [2.05, 4.69) is 5.32 Å². The van der Waals surface area contributed by atoms with Gasteiger partial charge in [-0.3, -0.25) is 0 Å². The summed E-state index contributed by atoms with van der Waals surface area (Å²) in [6.45, 7) is -0.311. The molecule has 19 heavy (non-hydrogen) atoms. The van der Waals surface area contributed by atoms with Crippen molar-refractivity contribution in [3.05, 3.63) is 64.7 Å². The van der Waals surface area contributed by atoms with Gasteiger partial charge >= 0.3 is 0 Å². The molecule has 100 valence electrons. The van der Waals surface area contributed by atoms with Crippen LogP contribution in [0, 0.1) is 11.6 Å². The molecule has 0 saturated carbocycles. The SMILES string of the molecule is OCC(Nc1ccccc1F)c1cc(F)cc(Cl)c1. The van der Waals surface area contributed by atoms with Crippen molar-refractivity contribution in [3.8, 4) is 0 Å². The highest BCUT2D eigenvalue weighted by Crippen LogP contribution is 2.24. The van der Waals surface area contributed by atoms with E-state index in [-0.39, 0.29) is 17.3 Å². The molecule has 0 aliphatic heterocycles. The second-order valence-electron chi connectivity index (χ2n) is 4.06. The molecule has 0 radical (unpaired) electrons. The lowest BCUT2D eigenvalue weighted by atomic mass is 10.1. The first-order chi connectivity index (χ1) is 9.10. The zero-order valence-electron chi connectivity index (χ0n) is 9.91. The van der Waals surface area contributed by atoms with Crippen molar-refractivity contribution in [2.75, 3.05) is 11.9 Å². The number of hydrogen-bond donors (Lipinski definition) is 2. The summed E-state index contributed by atoms with van der Waals surface area (Å²) in [5.74, 6) is -0.945. The van der Waals surface area contributed by atoms with Crippen molar-refractivity contribution >= 4 is 17.3 Å². The minimum atomic E-state index is -0.634. The Kier molecular flexibility index (Phi) is 4.35. The van der Waals surface area contributed by atoms with Crippen molar-refractivity contribution in [1.82, 2.24) is 0 Å². The Bertz CT molecular complexity index is 557. The zero-order chi connectivity index (χ0) is 13.8. The summed E-state index contributed by atoms with van der Waals surface area (Å²) in [5, 5.41) is 12.4. The van der Waals surface area contributed by atoms with Crippen LogP contribution in [0.2, 0.25) is 5.02 Å². The van der Waals surface area contributed by atoms with Crippen LogP contribution in [-0.2, 0) is 0 Å². The summed E-state index contributed by atoms with van der Waals surface area (Å²) in [4.78, 5) is 0. The molecule has 0 aliphatic carbocycles. The summed E-state index contributed by atoms with van der Waals surface area (Å²) < 4.78 is 26.8. The maximum atomic E-state index is 13.5. The third-order valence-electron chi connectivity index (χ3n) is 2.67. The fourth-order valence-corrected chi connectivity index (χ4v) is 2.01. The van der Waals surface area contributed by atoms with Gasteiger partial charge in [0.1, 0.15) is 11.6 Å². The van der Waals surface area contributed by atoms with Gasteiger partial charge in [-0.15, -0.1) is 0 Å². The molecule has 2 N–H and O–H groups in total. The van der Waals surface area contributed by atoms with Gasteiger partial charge in [-0.05, 0) is 35.9 Å². The summed E-state index contributed by atoms with van der Waals surface area (Å²) >= 11 is 5.76. The topological polar surface area (TPSA) is 32.3 Å². The standard InChI is InChI=1S/C14H12ClF2NO/c15-10-5-9(6-11(16)7-10)14(8-19)18-13-4-2-1-3-12(13)17/h1-7,14,18-19H,8H2. The predicted molar refractivity (Wildman–Crippen MR) is 71.3 cm³/mol. The normalized spacial score (nSPS) is 12.2. The number of anilines is 1. The highest BCUT2D eigenvalue weighted by atomic mass is 35.5. The number of benzene rings is 2. The van der Waals surface area contributed by atoms with Crippen molar-refractivity contribution in [2.24, 2.45) is 0 Å². The molecule has 0 heterocycles. The van der Waals surface area contributed by atoms with E-state index in [9.17, 15) is 13.9 Å². The van der Waals surface area contributed by atoms with Gasteiger partial charge in [0.05, 0.1) is 18.3 Å². The van der Waals surface area contributed by atoms with Crippen LogP contribution in [0.4, 0.5) is 14.5 Å². The number of para-hydroxylation sites is 1. The molecule has 2 aromatic rings. The first-order valence-electron chi connectivity index (χ1n) is 5.68. The number of nitrogens with one attached hydrogen (secondary N) is 1. The van der Waals surface area contributed by atoms with E-state index in [1.165, 1.54) is 24.3 Å². The molecule has 1 atom stereocenters. The third kappa shape index (κ3) is 3.43. The molecule has 2 aromatic carbocycles. The third-order valence-corrected chi connectivity index (χ3v) is 2.89. The summed E-state index contributed by atoms with van der Waals surface area (Å²) in [6, 6.07) is 9.38. The molecule has 0 fully saturated rings. The average Bonchev–Trinajstić information content (AvgIpc) is 2.36. The second-order valence-corrected chi connectivity index (χ2v) is 4.50. The van der Waals surface area contributed by atoms with Crippen LogP contribution in [0.1, 0.15) is 11.6 Å². The van der Waals surface area contributed by atoms with E-state index >= 15 is 0 Å². The number of rotatable bonds is 4. The van der Waals surface area contributed by atoms with Gasteiger partial charge in [-0.25, -0.2) is 8.78 Å². The van der Waals surface area contributed by atoms with E-state index in [0.29, 0.717) is 5.56 Å². The van der Waals surface area contributed by atoms with Crippen molar-refractivity contribution < 1.29 is 13.9 Å². The molecule has 0 spiro atoms. The fourth-order valence-electron chi connectivity index (χ4n) is 1.78. The van der Waals surface area contributed by atoms with E-state index in [0.717, 1.165) is 0 Å². The molecule has 0 aromatic heterocycles. The highest BCUT2D eigenvalue weighted by Gasteiger charge is 2.14. The second kappa shape index (κ2) is 5.99. The molecular weight excluding hydrogens is 272 g/mol. The highest BCUT2D eigenvalue weighted by molar-refractivity contribution is 6.30. The largest absolute Gasteiger partial charge is 0.394 e.